The van der Waals surface area contributed by atoms with Crippen LogP contribution in [0.25, 0.3) is 10.9 Å². The van der Waals surface area contributed by atoms with Crippen LogP contribution in [-0.4, -0.2) is 16.4 Å². The molecule has 1 N–H and O–H groups in total. The minimum atomic E-state index is -0.221. The number of hydrogen-bond acceptors (Lipinski definition) is 2. The van der Waals surface area contributed by atoms with Gasteiger partial charge in [0.25, 0.3) is 5.91 Å². The van der Waals surface area contributed by atoms with Gasteiger partial charge in [-0.05, 0) is 30.7 Å². The summed E-state index contributed by atoms with van der Waals surface area (Å²) in [6.07, 6.45) is 1.60. The molecule has 0 fully saturated rings. The van der Waals surface area contributed by atoms with Crippen molar-refractivity contribution in [1.82, 2.24) is 4.57 Å². The van der Waals surface area contributed by atoms with Gasteiger partial charge in [0, 0.05) is 24.2 Å². The molecule has 0 saturated carbocycles. The zero-order chi connectivity index (χ0) is 15.7. The lowest BCUT2D eigenvalue weighted by Gasteiger charge is -2.05. The number of para-hydroxylation sites is 1. The Morgan fingerprint density at radius 1 is 1.05 bits per heavy atom. The lowest BCUT2D eigenvalue weighted by Crippen LogP contribution is -2.12. The number of rotatable bonds is 2. The van der Waals surface area contributed by atoms with Crippen molar-refractivity contribution in [2.75, 3.05) is 5.32 Å². The number of benzene rings is 2. The molecule has 1 heterocycles. The van der Waals surface area contributed by atoms with Crippen molar-refractivity contribution >= 4 is 28.4 Å². The Kier molecular flexibility index (Phi) is 3.51. The topological polar surface area (TPSA) is 51.1 Å². The van der Waals surface area contributed by atoms with Crippen molar-refractivity contribution < 1.29 is 9.59 Å². The van der Waals surface area contributed by atoms with Crippen LogP contribution in [0.3, 0.4) is 0 Å². The zero-order valence-corrected chi connectivity index (χ0v) is 12.5. The molecule has 3 aromatic rings. The van der Waals surface area contributed by atoms with Gasteiger partial charge in [0.15, 0.2) is 0 Å². The second-order valence-corrected chi connectivity index (χ2v) is 5.27. The molecule has 0 unspecified atom stereocenters. The van der Waals surface area contributed by atoms with Crippen LogP contribution in [0.2, 0.25) is 0 Å². The molecule has 0 aliphatic heterocycles. The van der Waals surface area contributed by atoms with E-state index in [9.17, 15) is 9.59 Å². The second-order valence-electron chi connectivity index (χ2n) is 5.27. The SMILES string of the molecule is CC(=O)n1cc(C(=O)Nc2cccc(C)c2)c2ccccc21. The smallest absolute Gasteiger partial charge is 0.257 e. The van der Waals surface area contributed by atoms with Crippen LogP contribution in [0.5, 0.6) is 0 Å². The molecule has 0 saturated heterocycles. The number of hydrogen-bond donors (Lipinski definition) is 1. The van der Waals surface area contributed by atoms with Crippen molar-refractivity contribution in [3.63, 3.8) is 0 Å². The fourth-order valence-electron chi connectivity index (χ4n) is 2.54. The van der Waals surface area contributed by atoms with E-state index in [0.717, 1.165) is 22.2 Å². The largest absolute Gasteiger partial charge is 0.322 e. The number of nitrogens with zero attached hydrogens (tertiary/aromatic N) is 1. The van der Waals surface area contributed by atoms with E-state index in [1.807, 2.05) is 55.5 Å². The Labute approximate surface area is 128 Å². The first-order valence-corrected chi connectivity index (χ1v) is 7.05. The Balaban J connectivity index is 2.02. The third kappa shape index (κ3) is 2.51. The number of nitrogens with one attached hydrogen (secondary N) is 1. The first-order valence-electron chi connectivity index (χ1n) is 7.05. The van der Waals surface area contributed by atoms with E-state index >= 15 is 0 Å². The lowest BCUT2D eigenvalue weighted by atomic mass is 10.1. The van der Waals surface area contributed by atoms with Crippen LogP contribution in [0.4, 0.5) is 5.69 Å². The lowest BCUT2D eigenvalue weighted by molar-refractivity contribution is 0.0941. The Bertz CT molecular complexity index is 878. The predicted molar refractivity (Wildman–Crippen MR) is 87.4 cm³/mol. The molecule has 0 spiro atoms. The van der Waals surface area contributed by atoms with E-state index in [4.69, 9.17) is 0 Å². The van der Waals surface area contributed by atoms with Gasteiger partial charge in [-0.25, -0.2) is 0 Å². The maximum Gasteiger partial charge on any atom is 0.257 e. The summed E-state index contributed by atoms with van der Waals surface area (Å²) in [5.41, 5.74) is 3.05. The third-order valence-corrected chi connectivity index (χ3v) is 3.57. The quantitative estimate of drug-likeness (QED) is 0.779. The van der Waals surface area contributed by atoms with Gasteiger partial charge in [0.2, 0.25) is 5.91 Å². The highest BCUT2D eigenvalue weighted by Crippen LogP contribution is 2.22. The molecule has 1 aromatic heterocycles. The van der Waals surface area contributed by atoms with Crippen LogP contribution in [0, 0.1) is 6.92 Å². The van der Waals surface area contributed by atoms with E-state index in [1.165, 1.54) is 11.5 Å². The molecule has 0 aliphatic rings. The number of aromatic nitrogens is 1. The molecule has 4 heteroatoms. The van der Waals surface area contributed by atoms with Crippen LogP contribution in [0.15, 0.2) is 54.7 Å². The van der Waals surface area contributed by atoms with Crippen molar-refractivity contribution in [3.05, 3.63) is 65.9 Å². The van der Waals surface area contributed by atoms with E-state index in [2.05, 4.69) is 5.32 Å². The number of fused-ring (bicyclic) bond motifs is 1. The summed E-state index contributed by atoms with van der Waals surface area (Å²) in [6.45, 7) is 3.45. The van der Waals surface area contributed by atoms with Gasteiger partial charge in [0.05, 0.1) is 11.1 Å². The minimum Gasteiger partial charge on any atom is -0.322 e. The maximum atomic E-state index is 12.5. The van der Waals surface area contributed by atoms with Gasteiger partial charge in [-0.15, -0.1) is 0 Å². The molecule has 0 bridgehead atoms. The molecule has 1 amide bonds. The molecule has 22 heavy (non-hydrogen) atoms. The first-order chi connectivity index (χ1) is 10.6. The van der Waals surface area contributed by atoms with Crippen molar-refractivity contribution in [2.45, 2.75) is 13.8 Å². The van der Waals surface area contributed by atoms with Crippen molar-refractivity contribution in [2.24, 2.45) is 0 Å². The molecule has 0 atom stereocenters. The summed E-state index contributed by atoms with van der Waals surface area (Å²) < 4.78 is 1.50. The fraction of sp³-hybridized carbons (Fsp3) is 0.111. The highest BCUT2D eigenvalue weighted by molar-refractivity contribution is 6.14. The summed E-state index contributed by atoms with van der Waals surface area (Å²) in [5.74, 6) is -0.340. The Morgan fingerprint density at radius 3 is 2.55 bits per heavy atom. The van der Waals surface area contributed by atoms with E-state index in [0.29, 0.717) is 5.56 Å². The summed E-state index contributed by atoms with van der Waals surface area (Å²) in [7, 11) is 0. The van der Waals surface area contributed by atoms with Crippen molar-refractivity contribution in [1.29, 1.82) is 0 Å². The van der Waals surface area contributed by atoms with Gasteiger partial charge in [-0.1, -0.05) is 30.3 Å². The first kappa shape index (κ1) is 14.1. The molecule has 0 aliphatic carbocycles. The molecule has 2 aromatic carbocycles. The molecular formula is C18H16N2O2. The van der Waals surface area contributed by atoms with Crippen LogP contribution < -0.4 is 5.32 Å². The summed E-state index contributed by atoms with van der Waals surface area (Å²) in [5, 5.41) is 3.65. The molecule has 4 nitrogen and oxygen atoms in total. The van der Waals surface area contributed by atoms with E-state index < -0.39 is 0 Å². The highest BCUT2D eigenvalue weighted by Gasteiger charge is 2.16. The highest BCUT2D eigenvalue weighted by atomic mass is 16.2. The maximum absolute atomic E-state index is 12.5. The molecule has 0 radical (unpaired) electrons. The van der Waals surface area contributed by atoms with Gasteiger partial charge in [-0.2, -0.15) is 0 Å². The second kappa shape index (κ2) is 5.48. The van der Waals surface area contributed by atoms with Gasteiger partial charge in [0.1, 0.15) is 0 Å². The fourth-order valence-corrected chi connectivity index (χ4v) is 2.54. The average Bonchev–Trinajstić information content (AvgIpc) is 2.87. The predicted octanol–water partition coefficient (Wildman–Crippen LogP) is 3.86. The number of carbonyl (C=O) groups excluding carboxylic acids is 2. The monoisotopic (exact) mass is 292 g/mol. The third-order valence-electron chi connectivity index (χ3n) is 3.57. The van der Waals surface area contributed by atoms with E-state index in [1.54, 1.807) is 6.20 Å². The normalized spacial score (nSPS) is 10.6. The van der Waals surface area contributed by atoms with Crippen molar-refractivity contribution in [3.8, 4) is 0 Å². The van der Waals surface area contributed by atoms with Gasteiger partial charge >= 0.3 is 0 Å². The number of amides is 1. The van der Waals surface area contributed by atoms with Gasteiger partial charge in [-0.3, -0.25) is 14.2 Å². The number of carbonyl (C=O) groups is 2. The number of aryl methyl sites for hydroxylation is 1. The zero-order valence-electron chi connectivity index (χ0n) is 12.5. The van der Waals surface area contributed by atoms with Crippen LogP contribution >= 0.6 is 0 Å². The molecule has 3 rings (SSSR count). The van der Waals surface area contributed by atoms with Crippen LogP contribution in [-0.2, 0) is 0 Å². The Morgan fingerprint density at radius 2 is 1.82 bits per heavy atom. The summed E-state index contributed by atoms with van der Waals surface area (Å²) in [6, 6.07) is 15.0. The average molecular weight is 292 g/mol. The van der Waals surface area contributed by atoms with E-state index in [-0.39, 0.29) is 11.8 Å². The summed E-state index contributed by atoms with van der Waals surface area (Å²) in [4.78, 5) is 24.3. The molecule has 110 valence electrons. The standard InChI is InChI=1S/C18H16N2O2/c1-12-6-5-7-14(10-12)19-18(22)16-11-20(13(2)21)17-9-4-3-8-15(16)17/h3-11H,1-2H3,(H,19,22). The van der Waals surface area contributed by atoms with Gasteiger partial charge < -0.3 is 5.32 Å². The Hall–Kier alpha value is -2.88. The molecular weight excluding hydrogens is 276 g/mol. The summed E-state index contributed by atoms with van der Waals surface area (Å²) >= 11 is 0. The van der Waals surface area contributed by atoms with Crippen LogP contribution in [0.1, 0.15) is 27.6 Å². The minimum absolute atomic E-state index is 0.120. The number of anilines is 1.